The minimum absolute atomic E-state index is 0.0322. The summed E-state index contributed by atoms with van der Waals surface area (Å²) in [6, 6.07) is 15.0. The smallest absolute Gasteiger partial charge is 0.240 e. The van der Waals surface area contributed by atoms with Gasteiger partial charge in [-0.05, 0) is 36.8 Å². The first-order valence-electron chi connectivity index (χ1n) is 10.1. The first kappa shape index (κ1) is 21.0. The molecule has 0 aliphatic heterocycles. The van der Waals surface area contributed by atoms with Crippen LogP contribution in [0, 0.1) is 6.92 Å². The van der Waals surface area contributed by atoms with Gasteiger partial charge in [0, 0.05) is 24.3 Å². The second-order valence-corrected chi connectivity index (χ2v) is 7.06. The van der Waals surface area contributed by atoms with E-state index in [1.165, 1.54) is 0 Å². The molecule has 2 heterocycles. The molecule has 0 atom stereocenters. The Morgan fingerprint density at radius 3 is 2.56 bits per heavy atom. The van der Waals surface area contributed by atoms with Crippen molar-refractivity contribution in [1.29, 1.82) is 0 Å². The van der Waals surface area contributed by atoms with Crippen molar-refractivity contribution in [2.24, 2.45) is 0 Å². The van der Waals surface area contributed by atoms with E-state index < -0.39 is 0 Å². The van der Waals surface area contributed by atoms with Gasteiger partial charge in [-0.2, -0.15) is 0 Å². The number of allylic oxidation sites excluding steroid dienone is 1. The third kappa shape index (κ3) is 5.07. The Morgan fingerprint density at radius 2 is 1.84 bits per heavy atom. The van der Waals surface area contributed by atoms with Crippen LogP contribution in [0.5, 0.6) is 5.75 Å². The summed E-state index contributed by atoms with van der Waals surface area (Å²) in [5.41, 5.74) is 3.43. The van der Waals surface area contributed by atoms with Gasteiger partial charge in [0.25, 0.3) is 0 Å². The summed E-state index contributed by atoms with van der Waals surface area (Å²) in [6.07, 6.45) is 10.9. The predicted molar refractivity (Wildman–Crippen MR) is 123 cm³/mol. The average Bonchev–Trinajstić information content (AvgIpc) is 3.46. The highest BCUT2D eigenvalue weighted by Gasteiger charge is 2.07. The predicted octanol–water partition coefficient (Wildman–Crippen LogP) is 5.03. The molecule has 2 aromatic heterocycles. The molecule has 0 aliphatic carbocycles. The number of imidazole rings is 1. The largest absolute Gasteiger partial charge is 0.495 e. The molecule has 0 unspecified atom stereocenters. The molecule has 0 aliphatic rings. The number of aryl methyl sites for hydroxylation is 1. The molecule has 7 heteroatoms. The molecule has 0 bridgehead atoms. The molecule has 0 saturated carbocycles. The topological polar surface area (TPSA) is 83.0 Å². The molecular weight excluding hydrogens is 404 g/mol. The Hall–Kier alpha value is -4.26. The maximum atomic E-state index is 12.1. The lowest BCUT2D eigenvalue weighted by Gasteiger charge is -2.09. The summed E-state index contributed by atoms with van der Waals surface area (Å²) >= 11 is 0. The maximum Gasteiger partial charge on any atom is 0.240 e. The normalized spacial score (nSPS) is 11.4. The number of aromatic nitrogens is 4. The maximum absolute atomic E-state index is 12.1. The number of rotatable bonds is 8. The molecule has 32 heavy (non-hydrogen) atoms. The molecule has 7 nitrogen and oxygen atoms in total. The van der Waals surface area contributed by atoms with Gasteiger partial charge in [0.15, 0.2) is 5.78 Å². The van der Waals surface area contributed by atoms with E-state index in [0.717, 1.165) is 22.7 Å². The second-order valence-electron chi connectivity index (χ2n) is 7.06. The zero-order chi connectivity index (χ0) is 22.3. The summed E-state index contributed by atoms with van der Waals surface area (Å²) in [4.78, 5) is 16.4. The summed E-state index contributed by atoms with van der Waals surface area (Å²) in [6.45, 7) is 1.94. The van der Waals surface area contributed by atoms with Crippen molar-refractivity contribution in [2.45, 2.75) is 13.3 Å². The fourth-order valence-electron chi connectivity index (χ4n) is 3.12. The van der Waals surface area contributed by atoms with Gasteiger partial charge in [0.1, 0.15) is 5.75 Å². The van der Waals surface area contributed by atoms with E-state index in [9.17, 15) is 4.79 Å². The molecule has 0 saturated heterocycles. The number of hydrogen-bond donors (Lipinski definition) is 0. The lowest BCUT2D eigenvalue weighted by molar-refractivity contribution is 0.0996. The van der Waals surface area contributed by atoms with Crippen LogP contribution in [0.15, 0.2) is 71.5 Å². The van der Waals surface area contributed by atoms with Gasteiger partial charge >= 0.3 is 0 Å². The Morgan fingerprint density at radius 1 is 1.06 bits per heavy atom. The zero-order valence-electron chi connectivity index (χ0n) is 17.8. The number of ether oxygens (including phenoxy) is 1. The van der Waals surface area contributed by atoms with E-state index in [-0.39, 0.29) is 12.2 Å². The van der Waals surface area contributed by atoms with Crippen molar-refractivity contribution in [2.75, 3.05) is 7.11 Å². The van der Waals surface area contributed by atoms with E-state index in [4.69, 9.17) is 9.15 Å². The second kappa shape index (κ2) is 9.70. The number of hydrogen-bond acceptors (Lipinski definition) is 6. The van der Waals surface area contributed by atoms with Crippen LogP contribution in [0.1, 0.15) is 39.8 Å². The first-order valence-corrected chi connectivity index (χ1v) is 10.1. The van der Waals surface area contributed by atoms with Crippen LogP contribution in [-0.2, 0) is 0 Å². The Kier molecular flexibility index (Phi) is 6.36. The molecule has 0 spiro atoms. The molecule has 4 rings (SSSR count). The number of nitrogens with zero attached hydrogens (tertiary/aromatic N) is 4. The minimum atomic E-state index is 0.0322. The van der Waals surface area contributed by atoms with E-state index >= 15 is 0 Å². The van der Waals surface area contributed by atoms with Gasteiger partial charge in [-0.1, -0.05) is 42.5 Å². The molecular formula is C25H22N4O3. The van der Waals surface area contributed by atoms with Crippen LogP contribution >= 0.6 is 0 Å². The highest BCUT2D eigenvalue weighted by molar-refractivity contribution is 5.97. The van der Waals surface area contributed by atoms with Crippen LogP contribution in [-0.4, -0.2) is 32.6 Å². The van der Waals surface area contributed by atoms with Crippen molar-refractivity contribution in [3.05, 3.63) is 95.7 Å². The Bertz CT molecular complexity index is 1270. The SMILES string of the molecule is COc1cc(C=Cc2nnc(C=CCC(=O)c3ccccc3)o2)ccc1-n1cnc(C)c1. The zero-order valence-corrected chi connectivity index (χ0v) is 17.8. The highest BCUT2D eigenvalue weighted by atomic mass is 16.5. The van der Waals surface area contributed by atoms with E-state index in [0.29, 0.717) is 17.3 Å². The number of Topliss-reactive ketones (excluding diaryl/α,β-unsaturated/α-hetero) is 1. The molecule has 0 N–H and O–H groups in total. The molecule has 0 radical (unpaired) electrons. The van der Waals surface area contributed by atoms with Crippen molar-refractivity contribution >= 4 is 24.0 Å². The van der Waals surface area contributed by atoms with Gasteiger partial charge in [-0.3, -0.25) is 4.79 Å². The monoisotopic (exact) mass is 426 g/mol. The first-order chi connectivity index (χ1) is 15.6. The molecule has 2 aromatic carbocycles. The van der Waals surface area contributed by atoms with Crippen LogP contribution in [0.3, 0.4) is 0 Å². The third-order valence-corrected chi connectivity index (χ3v) is 4.73. The number of carbonyl (C=O) groups excluding carboxylic acids is 1. The fraction of sp³-hybridized carbons (Fsp3) is 0.120. The standard InChI is InChI=1S/C25H22N4O3/c1-18-16-29(17-26-18)21-13-11-19(15-23(21)31-2)12-14-25-28-27-24(32-25)10-6-9-22(30)20-7-4-3-5-8-20/h3-8,10-17H,9H2,1-2H3. The van der Waals surface area contributed by atoms with Gasteiger partial charge in [0.05, 0.1) is 24.8 Å². The van der Waals surface area contributed by atoms with Crippen LogP contribution in [0.2, 0.25) is 0 Å². The summed E-state index contributed by atoms with van der Waals surface area (Å²) in [5.74, 6) is 1.47. The lowest BCUT2D eigenvalue weighted by Crippen LogP contribution is -1.95. The van der Waals surface area contributed by atoms with Gasteiger partial charge in [0.2, 0.25) is 11.8 Å². The van der Waals surface area contributed by atoms with Gasteiger partial charge in [-0.25, -0.2) is 4.98 Å². The number of methoxy groups -OCH3 is 1. The minimum Gasteiger partial charge on any atom is -0.495 e. The number of ketones is 1. The van der Waals surface area contributed by atoms with Crippen molar-refractivity contribution in [3.8, 4) is 11.4 Å². The average molecular weight is 426 g/mol. The lowest BCUT2D eigenvalue weighted by atomic mass is 10.1. The van der Waals surface area contributed by atoms with Gasteiger partial charge in [-0.15, -0.1) is 10.2 Å². The molecule has 0 amide bonds. The Balaban J connectivity index is 1.40. The van der Waals surface area contributed by atoms with Gasteiger partial charge < -0.3 is 13.7 Å². The van der Waals surface area contributed by atoms with Crippen LogP contribution in [0.25, 0.3) is 23.9 Å². The summed E-state index contributed by atoms with van der Waals surface area (Å²) < 4.78 is 13.0. The quantitative estimate of drug-likeness (QED) is 0.368. The van der Waals surface area contributed by atoms with E-state index in [2.05, 4.69) is 15.2 Å². The highest BCUT2D eigenvalue weighted by Crippen LogP contribution is 2.25. The number of benzene rings is 2. The Labute approximate surface area is 185 Å². The summed E-state index contributed by atoms with van der Waals surface area (Å²) in [5, 5.41) is 8.00. The molecule has 160 valence electrons. The summed E-state index contributed by atoms with van der Waals surface area (Å²) in [7, 11) is 1.63. The van der Waals surface area contributed by atoms with Crippen molar-refractivity contribution in [3.63, 3.8) is 0 Å². The van der Waals surface area contributed by atoms with Crippen molar-refractivity contribution < 1.29 is 13.9 Å². The molecule has 0 fully saturated rings. The fourth-order valence-corrected chi connectivity index (χ4v) is 3.12. The molecule has 4 aromatic rings. The van der Waals surface area contributed by atoms with E-state index in [1.807, 2.05) is 60.2 Å². The van der Waals surface area contributed by atoms with Crippen LogP contribution in [0.4, 0.5) is 0 Å². The van der Waals surface area contributed by atoms with Crippen molar-refractivity contribution in [1.82, 2.24) is 19.7 Å². The van der Waals surface area contributed by atoms with Crippen LogP contribution < -0.4 is 4.74 Å². The third-order valence-electron chi connectivity index (χ3n) is 4.73. The number of carbonyl (C=O) groups is 1. The van der Waals surface area contributed by atoms with E-state index in [1.54, 1.807) is 43.8 Å².